The van der Waals surface area contributed by atoms with Crippen molar-refractivity contribution in [2.24, 2.45) is 5.10 Å². The SMILES string of the molecule is COc1cc(/C=N/NC(=O)CSc2nc(-c3ccc(Cl)cc3)cs2)cc(Br)c1OCc1ccccc1. The molecule has 0 bridgehead atoms. The van der Waals surface area contributed by atoms with E-state index in [1.807, 2.05) is 66.0 Å². The average molecular weight is 603 g/mol. The third-order valence-corrected chi connectivity index (χ3v) is 7.69. The first kappa shape index (κ1) is 26.2. The third-order valence-electron chi connectivity index (χ3n) is 4.83. The second-order valence-corrected chi connectivity index (χ2v) is 10.8. The van der Waals surface area contributed by atoms with E-state index in [9.17, 15) is 4.79 Å². The second kappa shape index (κ2) is 12.9. The van der Waals surface area contributed by atoms with Crippen molar-refractivity contribution in [3.05, 3.63) is 92.7 Å². The zero-order valence-electron chi connectivity index (χ0n) is 19.1. The van der Waals surface area contributed by atoms with Gasteiger partial charge in [-0.05, 0) is 51.3 Å². The molecule has 0 saturated heterocycles. The Morgan fingerprint density at radius 2 is 1.97 bits per heavy atom. The van der Waals surface area contributed by atoms with Crippen molar-refractivity contribution in [1.82, 2.24) is 10.4 Å². The molecule has 1 heterocycles. The molecular formula is C26H21BrClN3O3S2. The fourth-order valence-electron chi connectivity index (χ4n) is 3.10. The Balaban J connectivity index is 1.30. The van der Waals surface area contributed by atoms with E-state index in [-0.39, 0.29) is 11.7 Å². The van der Waals surface area contributed by atoms with E-state index in [1.54, 1.807) is 19.4 Å². The molecule has 0 fully saturated rings. The van der Waals surface area contributed by atoms with Gasteiger partial charge in [0.05, 0.1) is 29.2 Å². The number of benzene rings is 3. The maximum atomic E-state index is 12.2. The summed E-state index contributed by atoms with van der Waals surface area (Å²) in [5, 5.41) is 6.71. The van der Waals surface area contributed by atoms with Crippen LogP contribution in [0.4, 0.5) is 0 Å². The lowest BCUT2D eigenvalue weighted by molar-refractivity contribution is -0.118. The van der Waals surface area contributed by atoms with E-state index in [1.165, 1.54) is 23.1 Å². The molecule has 0 aliphatic carbocycles. The van der Waals surface area contributed by atoms with E-state index >= 15 is 0 Å². The molecule has 1 amide bonds. The van der Waals surface area contributed by atoms with Crippen molar-refractivity contribution in [1.29, 1.82) is 0 Å². The number of carbonyl (C=O) groups excluding carboxylic acids is 1. The quantitative estimate of drug-likeness (QED) is 0.120. The predicted octanol–water partition coefficient (Wildman–Crippen LogP) is 7.06. The molecular weight excluding hydrogens is 582 g/mol. The predicted molar refractivity (Wildman–Crippen MR) is 150 cm³/mol. The lowest BCUT2D eigenvalue weighted by atomic mass is 10.2. The van der Waals surface area contributed by atoms with Gasteiger partial charge in [-0.1, -0.05) is 65.8 Å². The van der Waals surface area contributed by atoms with Crippen LogP contribution >= 0.6 is 50.6 Å². The lowest BCUT2D eigenvalue weighted by Crippen LogP contribution is -2.19. The van der Waals surface area contributed by atoms with Crippen LogP contribution in [0.1, 0.15) is 11.1 Å². The zero-order chi connectivity index (χ0) is 25.3. The summed E-state index contributed by atoms with van der Waals surface area (Å²) in [5.74, 6) is 1.13. The smallest absolute Gasteiger partial charge is 0.250 e. The molecule has 0 unspecified atom stereocenters. The van der Waals surface area contributed by atoms with Crippen LogP contribution in [0.15, 0.2) is 86.0 Å². The van der Waals surface area contributed by atoms with Gasteiger partial charge in [-0.3, -0.25) is 4.79 Å². The van der Waals surface area contributed by atoms with Crippen molar-refractivity contribution in [3.8, 4) is 22.8 Å². The highest BCUT2D eigenvalue weighted by Gasteiger charge is 2.12. The van der Waals surface area contributed by atoms with Gasteiger partial charge in [0.2, 0.25) is 0 Å². The number of nitrogens with one attached hydrogen (secondary N) is 1. The number of carbonyl (C=O) groups is 1. The molecule has 0 saturated carbocycles. The van der Waals surface area contributed by atoms with E-state index in [0.29, 0.717) is 23.1 Å². The minimum absolute atomic E-state index is 0.199. The van der Waals surface area contributed by atoms with Gasteiger partial charge in [0.1, 0.15) is 6.61 Å². The lowest BCUT2D eigenvalue weighted by Gasteiger charge is -2.13. The van der Waals surface area contributed by atoms with Crippen LogP contribution in [-0.2, 0) is 11.4 Å². The van der Waals surface area contributed by atoms with Gasteiger partial charge in [0.25, 0.3) is 5.91 Å². The van der Waals surface area contributed by atoms with Crippen molar-refractivity contribution in [2.75, 3.05) is 12.9 Å². The number of aromatic nitrogens is 1. The van der Waals surface area contributed by atoms with Gasteiger partial charge >= 0.3 is 0 Å². The highest BCUT2D eigenvalue weighted by Crippen LogP contribution is 2.37. The Kier molecular flexibility index (Phi) is 9.41. The van der Waals surface area contributed by atoms with Gasteiger partial charge in [-0.25, -0.2) is 10.4 Å². The van der Waals surface area contributed by atoms with Gasteiger partial charge in [0.15, 0.2) is 15.8 Å². The van der Waals surface area contributed by atoms with Crippen LogP contribution < -0.4 is 14.9 Å². The maximum absolute atomic E-state index is 12.2. The number of thiazole rings is 1. The summed E-state index contributed by atoms with van der Waals surface area (Å²) >= 11 is 12.3. The summed E-state index contributed by atoms with van der Waals surface area (Å²) in [5.41, 5.74) is 6.18. The summed E-state index contributed by atoms with van der Waals surface area (Å²) in [6.07, 6.45) is 1.55. The molecule has 36 heavy (non-hydrogen) atoms. The minimum Gasteiger partial charge on any atom is -0.493 e. The standard InChI is InChI=1S/C26H21BrClN3O3S2/c1-33-23-12-18(11-21(27)25(23)34-14-17-5-3-2-4-6-17)13-29-31-24(32)16-36-26-30-22(15-35-26)19-7-9-20(28)10-8-19/h2-13,15H,14,16H2,1H3,(H,31,32)/b29-13+. The molecule has 0 radical (unpaired) electrons. The molecule has 1 N–H and O–H groups in total. The van der Waals surface area contributed by atoms with E-state index < -0.39 is 0 Å². The summed E-state index contributed by atoms with van der Waals surface area (Å²) in [4.78, 5) is 16.8. The largest absolute Gasteiger partial charge is 0.493 e. The van der Waals surface area contributed by atoms with Crippen molar-refractivity contribution in [2.45, 2.75) is 10.9 Å². The first-order valence-corrected chi connectivity index (χ1v) is 13.8. The van der Waals surface area contributed by atoms with Crippen molar-refractivity contribution in [3.63, 3.8) is 0 Å². The Hall–Kier alpha value is -2.85. The molecule has 0 atom stereocenters. The van der Waals surface area contributed by atoms with Crippen LogP contribution in [0, 0.1) is 0 Å². The molecule has 3 aromatic carbocycles. The van der Waals surface area contributed by atoms with Gasteiger partial charge in [-0.15, -0.1) is 11.3 Å². The summed E-state index contributed by atoms with van der Waals surface area (Å²) in [6, 6.07) is 21.0. The number of hydrogen-bond acceptors (Lipinski definition) is 7. The number of methoxy groups -OCH3 is 1. The highest BCUT2D eigenvalue weighted by molar-refractivity contribution is 9.10. The first-order valence-electron chi connectivity index (χ1n) is 10.7. The number of thioether (sulfide) groups is 1. The highest BCUT2D eigenvalue weighted by atomic mass is 79.9. The molecule has 10 heteroatoms. The summed E-state index contributed by atoms with van der Waals surface area (Å²) < 4.78 is 13.0. The molecule has 4 rings (SSSR count). The number of rotatable bonds is 10. The van der Waals surface area contributed by atoms with Gasteiger partial charge < -0.3 is 9.47 Å². The number of halogens is 2. The minimum atomic E-state index is -0.228. The average Bonchev–Trinajstić information content (AvgIpc) is 3.37. The summed E-state index contributed by atoms with van der Waals surface area (Å²) in [7, 11) is 1.58. The number of nitrogens with zero attached hydrogens (tertiary/aromatic N) is 2. The van der Waals surface area contributed by atoms with Crippen LogP contribution in [0.2, 0.25) is 5.02 Å². The molecule has 0 spiro atoms. The molecule has 6 nitrogen and oxygen atoms in total. The second-order valence-electron chi connectivity index (χ2n) is 7.40. The van der Waals surface area contributed by atoms with Crippen molar-refractivity contribution < 1.29 is 14.3 Å². The molecule has 0 aliphatic heterocycles. The van der Waals surface area contributed by atoms with Crippen LogP contribution in [0.5, 0.6) is 11.5 Å². The number of hydrazone groups is 1. The zero-order valence-corrected chi connectivity index (χ0v) is 23.1. The Morgan fingerprint density at radius 3 is 2.72 bits per heavy atom. The topological polar surface area (TPSA) is 72.8 Å². The molecule has 4 aromatic rings. The Labute approximate surface area is 230 Å². The first-order chi connectivity index (χ1) is 17.5. The van der Waals surface area contributed by atoms with E-state index in [2.05, 4.69) is 31.4 Å². The maximum Gasteiger partial charge on any atom is 0.250 e. The molecule has 184 valence electrons. The number of ether oxygens (including phenoxy) is 2. The van der Waals surface area contributed by atoms with E-state index in [0.717, 1.165) is 31.2 Å². The monoisotopic (exact) mass is 601 g/mol. The molecule has 1 aromatic heterocycles. The summed E-state index contributed by atoms with van der Waals surface area (Å²) in [6.45, 7) is 0.414. The van der Waals surface area contributed by atoms with Gasteiger partial charge in [0, 0.05) is 16.0 Å². The van der Waals surface area contributed by atoms with Gasteiger partial charge in [-0.2, -0.15) is 5.10 Å². The Morgan fingerprint density at radius 1 is 1.19 bits per heavy atom. The normalized spacial score (nSPS) is 11.0. The fraction of sp³-hybridized carbons (Fsp3) is 0.115. The molecule has 0 aliphatic rings. The Bertz CT molecular complexity index is 1350. The third kappa shape index (κ3) is 7.33. The van der Waals surface area contributed by atoms with Crippen LogP contribution in [0.25, 0.3) is 11.3 Å². The van der Waals surface area contributed by atoms with Crippen LogP contribution in [0.3, 0.4) is 0 Å². The van der Waals surface area contributed by atoms with E-state index in [4.69, 9.17) is 21.1 Å². The van der Waals surface area contributed by atoms with Crippen molar-refractivity contribution >= 4 is 62.8 Å². The van der Waals surface area contributed by atoms with Crippen LogP contribution in [-0.4, -0.2) is 30.0 Å². The number of hydrogen-bond donors (Lipinski definition) is 1. The fourth-order valence-corrected chi connectivity index (χ4v) is 5.43. The number of amides is 1.